The number of hydrogen-bond acceptors (Lipinski definition) is 13. The van der Waals surface area contributed by atoms with E-state index in [0.29, 0.717) is 12.8 Å². The molecule has 508 valence electrons. The molecule has 0 aromatic rings. The summed E-state index contributed by atoms with van der Waals surface area (Å²) in [4.78, 5) is 13.3. The number of carbonyl (C=O) groups is 1. The minimum absolute atomic E-state index is 0.241. The molecule has 0 bridgehead atoms. The Labute approximate surface area is 526 Å². The minimum atomic E-state index is -1.79. The lowest BCUT2D eigenvalue weighted by atomic mass is 9.97. The number of allylic oxidation sites excluding steroid dienone is 3. The number of unbranched alkanes of at least 4 members (excludes halogenated alkanes) is 46. The summed E-state index contributed by atoms with van der Waals surface area (Å²) < 4.78 is 22.9. The lowest BCUT2D eigenvalue weighted by Crippen LogP contribution is -2.65. The molecule has 1 amide bonds. The van der Waals surface area contributed by atoms with Gasteiger partial charge in [0, 0.05) is 6.42 Å². The molecule has 0 saturated carbocycles. The van der Waals surface area contributed by atoms with Crippen LogP contribution in [0.2, 0.25) is 0 Å². The lowest BCUT2D eigenvalue weighted by molar-refractivity contribution is -0.359. The number of ether oxygens (including phenoxy) is 4. The smallest absolute Gasteiger partial charge is 0.220 e. The van der Waals surface area contributed by atoms with Crippen molar-refractivity contribution >= 4 is 5.91 Å². The number of aliphatic hydroxyl groups is 8. The molecule has 2 fully saturated rings. The molecule has 2 heterocycles. The van der Waals surface area contributed by atoms with Gasteiger partial charge >= 0.3 is 0 Å². The van der Waals surface area contributed by atoms with Gasteiger partial charge in [-0.25, -0.2) is 0 Å². The number of aliphatic hydroxyl groups excluding tert-OH is 8. The zero-order valence-electron chi connectivity index (χ0n) is 55.3. The Hall–Kier alpha value is -1.53. The Bertz CT molecular complexity index is 1540. The Kier molecular flexibility index (Phi) is 53.7. The molecule has 2 rings (SSSR count). The standard InChI is InChI=1S/C72H137NO13/c1-3-5-7-9-11-13-15-17-19-21-23-25-27-28-29-30-31-32-34-36-38-40-42-44-46-48-50-52-54-56-64(77)73-60(59-83-71-69(82)67(80)70(63(58-75)85-71)86-72-68(81)66(79)65(78)62(57-74)84-72)61(76)55-53-51-49-47-45-43-41-39-37-35-33-26-24-22-20-18-16-14-12-10-8-6-4-2/h45,47,53,55,60-63,65-72,74-76,78-82H,3-44,46,48-52,54,56-59H2,1-2H3,(H,73,77)/b47-45+,55-53+. The van der Waals surface area contributed by atoms with E-state index in [0.717, 1.165) is 32.1 Å². The fourth-order valence-corrected chi connectivity index (χ4v) is 12.3. The van der Waals surface area contributed by atoms with Crippen LogP contribution in [0.25, 0.3) is 0 Å². The fraction of sp³-hybridized carbons (Fsp3) is 0.931. The summed E-state index contributed by atoms with van der Waals surface area (Å²) in [6.45, 7) is 2.84. The van der Waals surface area contributed by atoms with Gasteiger partial charge in [-0.05, 0) is 32.1 Å². The normalized spacial score (nSPS) is 23.5. The number of carbonyl (C=O) groups excluding carboxylic acids is 1. The summed E-state index contributed by atoms with van der Waals surface area (Å²) in [5.41, 5.74) is 0. The maximum atomic E-state index is 13.3. The van der Waals surface area contributed by atoms with Crippen LogP contribution in [0.3, 0.4) is 0 Å². The van der Waals surface area contributed by atoms with Crippen LogP contribution in [-0.2, 0) is 23.7 Å². The highest BCUT2D eigenvalue weighted by Gasteiger charge is 2.51. The molecule has 12 atom stereocenters. The van der Waals surface area contributed by atoms with E-state index in [1.807, 2.05) is 6.08 Å². The molecular formula is C72H137NO13. The second-order valence-electron chi connectivity index (χ2n) is 26.1. The van der Waals surface area contributed by atoms with E-state index in [-0.39, 0.29) is 18.9 Å². The molecule has 2 aliphatic rings. The van der Waals surface area contributed by atoms with Crippen molar-refractivity contribution in [2.75, 3.05) is 19.8 Å². The van der Waals surface area contributed by atoms with Crippen LogP contribution in [0.5, 0.6) is 0 Å². The number of rotatable bonds is 61. The molecule has 9 N–H and O–H groups in total. The molecule has 12 unspecified atom stereocenters. The van der Waals surface area contributed by atoms with E-state index < -0.39 is 86.8 Å². The highest BCUT2D eigenvalue weighted by atomic mass is 16.7. The van der Waals surface area contributed by atoms with Crippen molar-refractivity contribution < 1.29 is 64.6 Å². The summed E-state index contributed by atoms with van der Waals surface area (Å²) in [6.07, 6.45) is 55.3. The molecule has 0 aromatic carbocycles. The summed E-state index contributed by atoms with van der Waals surface area (Å²) >= 11 is 0. The van der Waals surface area contributed by atoms with Crippen LogP contribution < -0.4 is 5.32 Å². The third kappa shape index (κ3) is 41.1. The second kappa shape index (κ2) is 57.4. The highest BCUT2D eigenvalue weighted by Crippen LogP contribution is 2.30. The quantitative estimate of drug-likeness (QED) is 0.0204. The van der Waals surface area contributed by atoms with Gasteiger partial charge in [0.15, 0.2) is 12.6 Å². The average Bonchev–Trinajstić information content (AvgIpc) is 2.46. The first-order chi connectivity index (χ1) is 42.1. The van der Waals surface area contributed by atoms with Gasteiger partial charge in [0.05, 0.1) is 32.0 Å². The van der Waals surface area contributed by atoms with Gasteiger partial charge in [-0.2, -0.15) is 0 Å². The van der Waals surface area contributed by atoms with Crippen molar-refractivity contribution in [1.29, 1.82) is 0 Å². The summed E-state index contributed by atoms with van der Waals surface area (Å²) in [5.74, 6) is -0.241. The van der Waals surface area contributed by atoms with E-state index in [4.69, 9.17) is 18.9 Å². The molecule has 86 heavy (non-hydrogen) atoms. The van der Waals surface area contributed by atoms with Crippen LogP contribution in [-0.4, -0.2) is 140 Å². The number of amides is 1. The van der Waals surface area contributed by atoms with Crippen molar-refractivity contribution in [2.24, 2.45) is 0 Å². The Balaban J connectivity index is 1.67. The summed E-state index contributed by atoms with van der Waals surface area (Å²) in [7, 11) is 0. The molecule has 0 aliphatic carbocycles. The first kappa shape index (κ1) is 80.6. The van der Waals surface area contributed by atoms with Crippen molar-refractivity contribution in [3.63, 3.8) is 0 Å². The predicted octanol–water partition coefficient (Wildman–Crippen LogP) is 15.1. The summed E-state index contributed by atoms with van der Waals surface area (Å²) in [6, 6.07) is -0.929. The monoisotopic (exact) mass is 1220 g/mol. The van der Waals surface area contributed by atoms with Gasteiger partial charge in [0.25, 0.3) is 0 Å². The van der Waals surface area contributed by atoms with Crippen LogP contribution >= 0.6 is 0 Å². The minimum Gasteiger partial charge on any atom is -0.394 e. The first-order valence-corrected chi connectivity index (χ1v) is 36.6. The van der Waals surface area contributed by atoms with Gasteiger partial charge in [-0.1, -0.05) is 321 Å². The molecule has 0 aromatic heterocycles. The van der Waals surface area contributed by atoms with Crippen LogP contribution in [0.1, 0.15) is 335 Å². The van der Waals surface area contributed by atoms with Gasteiger partial charge < -0.3 is 65.1 Å². The van der Waals surface area contributed by atoms with E-state index in [1.165, 1.54) is 270 Å². The predicted molar refractivity (Wildman–Crippen MR) is 351 cm³/mol. The topological polar surface area (TPSA) is 228 Å². The molecule has 14 heteroatoms. The Morgan fingerprint density at radius 2 is 0.744 bits per heavy atom. The third-order valence-corrected chi connectivity index (χ3v) is 18.1. The zero-order chi connectivity index (χ0) is 62.3. The fourth-order valence-electron chi connectivity index (χ4n) is 12.3. The van der Waals surface area contributed by atoms with Gasteiger partial charge in [-0.15, -0.1) is 0 Å². The molecule has 2 saturated heterocycles. The van der Waals surface area contributed by atoms with Crippen LogP contribution in [0.15, 0.2) is 24.3 Å². The molecule has 14 nitrogen and oxygen atoms in total. The second-order valence-corrected chi connectivity index (χ2v) is 26.1. The Morgan fingerprint density at radius 1 is 0.407 bits per heavy atom. The molecule has 0 radical (unpaired) electrons. The van der Waals surface area contributed by atoms with Crippen molar-refractivity contribution in [2.45, 2.75) is 408 Å². The first-order valence-electron chi connectivity index (χ1n) is 36.6. The van der Waals surface area contributed by atoms with Crippen LogP contribution in [0, 0.1) is 0 Å². The van der Waals surface area contributed by atoms with Crippen molar-refractivity contribution in [3.8, 4) is 0 Å². The zero-order valence-corrected chi connectivity index (χ0v) is 55.3. The van der Waals surface area contributed by atoms with Crippen molar-refractivity contribution in [3.05, 3.63) is 24.3 Å². The largest absolute Gasteiger partial charge is 0.394 e. The third-order valence-electron chi connectivity index (χ3n) is 18.1. The van der Waals surface area contributed by atoms with Gasteiger partial charge in [0.1, 0.15) is 48.8 Å². The SMILES string of the molecule is CCCCCCCCCCCCCCCCCCC/C=C/CC/C=C/C(O)C(COC1OC(CO)C(OC2OC(CO)C(O)C(O)C2O)C(O)C1O)NC(=O)CCCCCCCCCCCCCCCCCCCCCCCCCCCCCCC. The maximum Gasteiger partial charge on any atom is 0.220 e. The summed E-state index contributed by atoms with van der Waals surface area (Å²) in [5, 5.41) is 87.5. The average molecular weight is 1220 g/mol. The van der Waals surface area contributed by atoms with E-state index in [2.05, 4.69) is 31.3 Å². The molecule has 0 spiro atoms. The molecular weight excluding hydrogens is 1090 g/mol. The van der Waals surface area contributed by atoms with E-state index >= 15 is 0 Å². The van der Waals surface area contributed by atoms with E-state index in [9.17, 15) is 45.6 Å². The van der Waals surface area contributed by atoms with Crippen molar-refractivity contribution in [1.82, 2.24) is 5.32 Å². The number of hydrogen-bond donors (Lipinski definition) is 9. The number of nitrogens with one attached hydrogen (secondary N) is 1. The van der Waals surface area contributed by atoms with Gasteiger partial charge in [0.2, 0.25) is 5.91 Å². The maximum absolute atomic E-state index is 13.3. The van der Waals surface area contributed by atoms with E-state index in [1.54, 1.807) is 6.08 Å². The van der Waals surface area contributed by atoms with Crippen LogP contribution in [0.4, 0.5) is 0 Å². The lowest BCUT2D eigenvalue weighted by Gasteiger charge is -2.46. The van der Waals surface area contributed by atoms with Gasteiger partial charge in [-0.3, -0.25) is 4.79 Å². The molecule has 2 aliphatic heterocycles. The Morgan fingerprint density at radius 3 is 1.14 bits per heavy atom. The highest BCUT2D eigenvalue weighted by molar-refractivity contribution is 5.76.